The summed E-state index contributed by atoms with van der Waals surface area (Å²) in [5.41, 5.74) is 2.24. The van der Waals surface area contributed by atoms with Crippen LogP contribution < -0.4 is 0 Å². The van der Waals surface area contributed by atoms with Crippen LogP contribution in [0.3, 0.4) is 0 Å². The first kappa shape index (κ1) is 11.4. The van der Waals surface area contributed by atoms with Gasteiger partial charge in [0.15, 0.2) is 0 Å². The van der Waals surface area contributed by atoms with E-state index in [0.29, 0.717) is 25.1 Å². The highest BCUT2D eigenvalue weighted by Crippen LogP contribution is 2.22. The Morgan fingerprint density at radius 3 is 2.94 bits per heavy atom. The molecule has 88 valence electrons. The van der Waals surface area contributed by atoms with E-state index in [-0.39, 0.29) is 5.82 Å². The fourth-order valence-corrected chi connectivity index (χ4v) is 1.64. The van der Waals surface area contributed by atoms with E-state index in [1.165, 1.54) is 6.07 Å². The molecule has 1 N–H and O–H groups in total. The molecule has 1 aromatic carbocycles. The summed E-state index contributed by atoms with van der Waals surface area (Å²) in [5.74, 6) is -0.259. The van der Waals surface area contributed by atoms with Crippen molar-refractivity contribution in [3.8, 4) is 11.3 Å². The summed E-state index contributed by atoms with van der Waals surface area (Å²) in [6, 6.07) is 8.43. The quantitative estimate of drug-likeness (QED) is 0.637. The van der Waals surface area contributed by atoms with Crippen LogP contribution >= 0.6 is 0 Å². The highest BCUT2D eigenvalue weighted by Gasteiger charge is 2.06. The van der Waals surface area contributed by atoms with E-state index in [9.17, 15) is 9.18 Å². The third kappa shape index (κ3) is 2.72. The number of H-pyrrole nitrogens is 1. The van der Waals surface area contributed by atoms with Crippen molar-refractivity contribution in [2.24, 2.45) is 0 Å². The molecule has 0 aliphatic heterocycles. The van der Waals surface area contributed by atoms with Crippen molar-refractivity contribution < 1.29 is 13.9 Å². The maximum atomic E-state index is 13.5. The minimum atomic E-state index is -0.259. The van der Waals surface area contributed by atoms with Crippen molar-refractivity contribution >= 4 is 6.47 Å². The van der Waals surface area contributed by atoms with Gasteiger partial charge in [-0.15, -0.1) is 0 Å². The SMILES string of the molecule is O=COCCc1c[nH]c(-c2ccccc2F)c1. The molecule has 0 aliphatic rings. The van der Waals surface area contributed by atoms with Crippen LogP contribution in [0.25, 0.3) is 11.3 Å². The van der Waals surface area contributed by atoms with Crippen molar-refractivity contribution in [3.63, 3.8) is 0 Å². The fraction of sp³-hybridized carbons (Fsp3) is 0.154. The number of benzene rings is 1. The number of rotatable bonds is 5. The second-order valence-electron chi connectivity index (χ2n) is 3.62. The molecule has 3 nitrogen and oxygen atoms in total. The number of halogens is 1. The minimum absolute atomic E-state index is 0.259. The summed E-state index contributed by atoms with van der Waals surface area (Å²) in [7, 11) is 0. The van der Waals surface area contributed by atoms with Gasteiger partial charge in [0.05, 0.1) is 6.61 Å². The zero-order valence-electron chi connectivity index (χ0n) is 9.15. The second kappa shape index (κ2) is 5.30. The summed E-state index contributed by atoms with van der Waals surface area (Å²) in [5, 5.41) is 0. The molecule has 0 saturated carbocycles. The molecule has 2 aromatic rings. The van der Waals surface area contributed by atoms with Crippen molar-refractivity contribution in [1.29, 1.82) is 0 Å². The zero-order valence-corrected chi connectivity index (χ0v) is 9.15. The third-order valence-corrected chi connectivity index (χ3v) is 2.48. The van der Waals surface area contributed by atoms with Crippen LogP contribution in [0, 0.1) is 5.82 Å². The smallest absolute Gasteiger partial charge is 0.293 e. The van der Waals surface area contributed by atoms with Gasteiger partial charge >= 0.3 is 0 Å². The largest absolute Gasteiger partial charge is 0.468 e. The lowest BCUT2D eigenvalue weighted by atomic mass is 10.1. The van der Waals surface area contributed by atoms with Crippen LogP contribution in [-0.2, 0) is 16.0 Å². The van der Waals surface area contributed by atoms with E-state index in [1.54, 1.807) is 24.4 Å². The van der Waals surface area contributed by atoms with Crippen LogP contribution in [0.4, 0.5) is 4.39 Å². The van der Waals surface area contributed by atoms with Crippen LogP contribution in [0.2, 0.25) is 0 Å². The molecule has 4 heteroatoms. The number of carbonyl (C=O) groups excluding carboxylic acids is 1. The molecule has 0 atom stereocenters. The Labute approximate surface area is 98.2 Å². The predicted molar refractivity (Wildman–Crippen MR) is 61.9 cm³/mol. The van der Waals surface area contributed by atoms with Gasteiger partial charge in [0.1, 0.15) is 5.82 Å². The summed E-state index contributed by atoms with van der Waals surface area (Å²) in [4.78, 5) is 13.0. The van der Waals surface area contributed by atoms with Gasteiger partial charge < -0.3 is 9.72 Å². The summed E-state index contributed by atoms with van der Waals surface area (Å²) in [6.45, 7) is 0.752. The van der Waals surface area contributed by atoms with Crippen LogP contribution in [0.15, 0.2) is 36.5 Å². The van der Waals surface area contributed by atoms with E-state index in [0.717, 1.165) is 11.3 Å². The molecule has 0 fully saturated rings. The van der Waals surface area contributed by atoms with Gasteiger partial charge in [-0.25, -0.2) is 4.39 Å². The third-order valence-electron chi connectivity index (χ3n) is 2.48. The first-order valence-corrected chi connectivity index (χ1v) is 5.28. The predicted octanol–water partition coefficient (Wildman–Crippen LogP) is 2.54. The molecule has 0 radical (unpaired) electrons. The zero-order chi connectivity index (χ0) is 12.1. The van der Waals surface area contributed by atoms with Gasteiger partial charge in [0.2, 0.25) is 0 Å². The average Bonchev–Trinajstić information content (AvgIpc) is 2.79. The van der Waals surface area contributed by atoms with E-state index in [4.69, 9.17) is 0 Å². The first-order valence-electron chi connectivity index (χ1n) is 5.28. The Kier molecular flexibility index (Phi) is 3.55. The number of aromatic amines is 1. The molecule has 0 amide bonds. The monoisotopic (exact) mass is 233 g/mol. The average molecular weight is 233 g/mol. The molecule has 2 rings (SSSR count). The second-order valence-corrected chi connectivity index (χ2v) is 3.62. The number of ether oxygens (including phenoxy) is 1. The molecule has 1 aromatic heterocycles. The number of hydrogen-bond donors (Lipinski definition) is 1. The Hall–Kier alpha value is -2.10. The summed E-state index contributed by atoms with van der Waals surface area (Å²) >= 11 is 0. The Balaban J connectivity index is 2.13. The molecule has 0 unspecified atom stereocenters. The van der Waals surface area contributed by atoms with Gasteiger partial charge in [0.25, 0.3) is 6.47 Å². The lowest BCUT2D eigenvalue weighted by Gasteiger charge is -1.98. The topological polar surface area (TPSA) is 42.1 Å². The van der Waals surface area contributed by atoms with E-state index in [2.05, 4.69) is 9.72 Å². The lowest BCUT2D eigenvalue weighted by molar-refractivity contribution is -0.128. The van der Waals surface area contributed by atoms with Gasteiger partial charge in [-0.1, -0.05) is 12.1 Å². The Bertz CT molecular complexity index is 508. The van der Waals surface area contributed by atoms with Crippen molar-refractivity contribution in [1.82, 2.24) is 4.98 Å². The normalized spacial score (nSPS) is 10.2. The maximum Gasteiger partial charge on any atom is 0.293 e. The molecular weight excluding hydrogens is 221 g/mol. The van der Waals surface area contributed by atoms with Crippen molar-refractivity contribution in [2.45, 2.75) is 6.42 Å². The number of hydrogen-bond acceptors (Lipinski definition) is 2. The molecule has 0 bridgehead atoms. The molecule has 0 spiro atoms. The Morgan fingerprint density at radius 2 is 2.18 bits per heavy atom. The van der Waals surface area contributed by atoms with E-state index in [1.807, 2.05) is 6.07 Å². The molecule has 17 heavy (non-hydrogen) atoms. The van der Waals surface area contributed by atoms with Gasteiger partial charge in [-0.05, 0) is 23.8 Å². The number of nitrogens with one attached hydrogen (secondary N) is 1. The minimum Gasteiger partial charge on any atom is -0.468 e. The van der Waals surface area contributed by atoms with Crippen LogP contribution in [0.5, 0.6) is 0 Å². The van der Waals surface area contributed by atoms with Crippen LogP contribution in [0.1, 0.15) is 5.56 Å². The highest BCUT2D eigenvalue weighted by atomic mass is 19.1. The van der Waals surface area contributed by atoms with Gasteiger partial charge in [0, 0.05) is 23.9 Å². The molecule has 0 aliphatic carbocycles. The fourth-order valence-electron chi connectivity index (χ4n) is 1.64. The molecule has 1 heterocycles. The van der Waals surface area contributed by atoms with E-state index >= 15 is 0 Å². The first-order chi connectivity index (χ1) is 8.31. The molecule has 0 saturated heterocycles. The summed E-state index contributed by atoms with van der Waals surface area (Å²) < 4.78 is 18.1. The maximum absolute atomic E-state index is 13.5. The van der Waals surface area contributed by atoms with Crippen LogP contribution in [-0.4, -0.2) is 18.1 Å². The van der Waals surface area contributed by atoms with Crippen molar-refractivity contribution in [2.75, 3.05) is 6.61 Å². The number of carbonyl (C=O) groups is 1. The molecular formula is C13H12FNO2. The van der Waals surface area contributed by atoms with E-state index < -0.39 is 0 Å². The lowest BCUT2D eigenvalue weighted by Crippen LogP contribution is -1.94. The van der Waals surface area contributed by atoms with Gasteiger partial charge in [-0.2, -0.15) is 0 Å². The Morgan fingerprint density at radius 1 is 1.35 bits per heavy atom. The highest BCUT2D eigenvalue weighted by molar-refractivity contribution is 5.61. The van der Waals surface area contributed by atoms with Gasteiger partial charge in [-0.3, -0.25) is 4.79 Å². The number of aromatic nitrogens is 1. The summed E-state index contributed by atoms with van der Waals surface area (Å²) in [6.07, 6.45) is 2.40. The standard InChI is InChI=1S/C13H12FNO2/c14-12-4-2-1-3-11(12)13-7-10(8-15-13)5-6-17-9-16/h1-4,7-9,15H,5-6H2. The van der Waals surface area contributed by atoms with Crippen molar-refractivity contribution in [3.05, 3.63) is 47.9 Å².